The number of nitrogens with two attached hydrogens (primary N) is 1. The highest BCUT2D eigenvalue weighted by atomic mass is 32.2. The Morgan fingerprint density at radius 1 is 1.53 bits per heavy atom. The molecule has 7 nitrogen and oxygen atoms in total. The fourth-order valence-electron chi connectivity index (χ4n) is 1.08. The van der Waals surface area contributed by atoms with Crippen molar-refractivity contribution in [3.63, 3.8) is 0 Å². The summed E-state index contributed by atoms with van der Waals surface area (Å²) in [5, 5.41) is 17.0. The second kappa shape index (κ2) is 4.71. The molecule has 0 unspecified atom stereocenters. The molecule has 0 aromatic heterocycles. The molecule has 0 amide bonds. The molecule has 1 rings (SSSR count). The molecule has 0 atom stereocenters. The van der Waals surface area contributed by atoms with E-state index in [1.807, 2.05) is 0 Å². The van der Waals surface area contributed by atoms with Crippen LogP contribution in [0.2, 0.25) is 0 Å². The molecule has 0 spiro atoms. The maximum atomic E-state index is 11.3. The SMILES string of the molecule is N#CCS(=O)(=O)Nc1ccc(C(=O)O)cc1N. The van der Waals surface area contributed by atoms with Crippen LogP contribution in [0.25, 0.3) is 0 Å². The van der Waals surface area contributed by atoms with Crippen molar-refractivity contribution >= 4 is 27.4 Å². The maximum absolute atomic E-state index is 11.3. The smallest absolute Gasteiger partial charge is 0.335 e. The number of sulfonamides is 1. The molecule has 0 bridgehead atoms. The second-order valence-electron chi connectivity index (χ2n) is 3.13. The van der Waals surface area contributed by atoms with Gasteiger partial charge in [-0.15, -0.1) is 0 Å². The van der Waals surface area contributed by atoms with E-state index >= 15 is 0 Å². The highest BCUT2D eigenvalue weighted by Gasteiger charge is 2.13. The number of hydrogen-bond acceptors (Lipinski definition) is 5. The first-order valence-electron chi connectivity index (χ1n) is 4.36. The van der Waals surface area contributed by atoms with Gasteiger partial charge in [0.05, 0.1) is 23.0 Å². The van der Waals surface area contributed by atoms with Crippen molar-refractivity contribution in [3.05, 3.63) is 23.8 Å². The third-order valence-electron chi connectivity index (χ3n) is 1.82. The molecule has 0 aliphatic heterocycles. The number of nitrogens with zero attached hydrogens (tertiary/aromatic N) is 1. The number of carboxylic acids is 1. The zero-order valence-electron chi connectivity index (χ0n) is 8.54. The van der Waals surface area contributed by atoms with Gasteiger partial charge >= 0.3 is 5.97 Å². The van der Waals surface area contributed by atoms with E-state index in [0.29, 0.717) is 0 Å². The fourth-order valence-corrected chi connectivity index (χ4v) is 1.84. The van der Waals surface area contributed by atoms with Gasteiger partial charge < -0.3 is 10.8 Å². The predicted molar refractivity (Wildman–Crippen MR) is 60.8 cm³/mol. The standard InChI is InChI=1S/C9H9N3O4S/c10-3-4-17(15,16)12-8-2-1-6(9(13)14)5-7(8)11/h1-2,5,12H,4,11H2,(H,13,14). The third-order valence-corrected chi connectivity index (χ3v) is 2.86. The minimum absolute atomic E-state index is 0.0218. The van der Waals surface area contributed by atoms with Gasteiger partial charge in [0.25, 0.3) is 0 Å². The number of aromatic carboxylic acids is 1. The van der Waals surface area contributed by atoms with Gasteiger partial charge in [-0.05, 0) is 18.2 Å². The Kier molecular flexibility index (Phi) is 3.55. The molecule has 1 aromatic carbocycles. The molecule has 0 radical (unpaired) electrons. The minimum Gasteiger partial charge on any atom is -0.478 e. The van der Waals surface area contributed by atoms with Gasteiger partial charge in [-0.1, -0.05) is 0 Å². The molecular formula is C9H9N3O4S. The topological polar surface area (TPSA) is 133 Å². The monoisotopic (exact) mass is 255 g/mol. The van der Waals surface area contributed by atoms with Crippen molar-refractivity contribution in [2.45, 2.75) is 0 Å². The lowest BCUT2D eigenvalue weighted by molar-refractivity contribution is 0.0697. The summed E-state index contributed by atoms with van der Waals surface area (Å²) >= 11 is 0. The highest BCUT2D eigenvalue weighted by molar-refractivity contribution is 7.92. The summed E-state index contributed by atoms with van der Waals surface area (Å²) in [4.78, 5) is 10.6. The van der Waals surface area contributed by atoms with Crippen LogP contribution in [0.4, 0.5) is 11.4 Å². The first kappa shape index (κ1) is 12.8. The molecule has 0 saturated carbocycles. The van der Waals surface area contributed by atoms with Gasteiger partial charge in [0.2, 0.25) is 10.0 Å². The number of carbonyl (C=O) groups is 1. The van der Waals surface area contributed by atoms with E-state index in [1.54, 1.807) is 0 Å². The van der Waals surface area contributed by atoms with Crippen molar-refractivity contribution in [1.82, 2.24) is 0 Å². The van der Waals surface area contributed by atoms with Crippen LogP contribution in [0.5, 0.6) is 0 Å². The number of nitriles is 1. The molecule has 0 saturated heterocycles. The van der Waals surface area contributed by atoms with Gasteiger partial charge in [0.1, 0.15) is 0 Å². The Labute approximate surface area is 97.5 Å². The number of nitrogen functional groups attached to an aromatic ring is 1. The summed E-state index contributed by atoms with van der Waals surface area (Å²) in [6, 6.07) is 5.06. The van der Waals surface area contributed by atoms with Crippen molar-refractivity contribution in [2.24, 2.45) is 0 Å². The fraction of sp³-hybridized carbons (Fsp3) is 0.111. The lowest BCUT2D eigenvalue weighted by Crippen LogP contribution is -2.16. The van der Waals surface area contributed by atoms with Crippen molar-refractivity contribution in [2.75, 3.05) is 16.2 Å². The first-order valence-corrected chi connectivity index (χ1v) is 6.01. The van der Waals surface area contributed by atoms with Crippen molar-refractivity contribution in [3.8, 4) is 6.07 Å². The Hall–Kier alpha value is -2.27. The molecule has 0 aliphatic rings. The van der Waals surface area contributed by atoms with Crippen LogP contribution in [0, 0.1) is 11.3 Å². The third kappa shape index (κ3) is 3.35. The lowest BCUT2D eigenvalue weighted by atomic mass is 10.2. The van der Waals surface area contributed by atoms with E-state index in [4.69, 9.17) is 16.1 Å². The van der Waals surface area contributed by atoms with E-state index in [-0.39, 0.29) is 16.9 Å². The summed E-state index contributed by atoms with van der Waals surface area (Å²) in [6.07, 6.45) is 0. The van der Waals surface area contributed by atoms with Gasteiger partial charge in [0.15, 0.2) is 5.75 Å². The van der Waals surface area contributed by atoms with E-state index in [0.717, 1.165) is 6.07 Å². The first-order chi connectivity index (χ1) is 7.85. The number of anilines is 2. The summed E-state index contributed by atoms with van der Waals surface area (Å²) in [5.74, 6) is -1.87. The minimum atomic E-state index is -3.78. The van der Waals surface area contributed by atoms with E-state index in [2.05, 4.69) is 4.72 Å². The molecule has 1 aromatic rings. The van der Waals surface area contributed by atoms with Crippen LogP contribution >= 0.6 is 0 Å². The highest BCUT2D eigenvalue weighted by Crippen LogP contribution is 2.21. The van der Waals surface area contributed by atoms with Gasteiger partial charge in [-0.3, -0.25) is 4.72 Å². The average molecular weight is 255 g/mol. The molecule has 0 heterocycles. The molecule has 17 heavy (non-hydrogen) atoms. The van der Waals surface area contributed by atoms with Gasteiger partial charge in [0, 0.05) is 0 Å². The maximum Gasteiger partial charge on any atom is 0.335 e. The Balaban J connectivity index is 3.03. The normalized spacial score (nSPS) is 10.5. The van der Waals surface area contributed by atoms with Crippen LogP contribution in [-0.4, -0.2) is 25.2 Å². The summed E-state index contributed by atoms with van der Waals surface area (Å²) in [6.45, 7) is 0. The van der Waals surface area contributed by atoms with Crippen molar-refractivity contribution < 1.29 is 18.3 Å². The molecule has 0 aliphatic carbocycles. The van der Waals surface area contributed by atoms with Crippen LogP contribution in [-0.2, 0) is 10.0 Å². The molecule has 0 fully saturated rings. The molecule has 90 valence electrons. The summed E-state index contributed by atoms with van der Waals surface area (Å²) in [5.41, 5.74) is 5.46. The zero-order chi connectivity index (χ0) is 13.1. The van der Waals surface area contributed by atoms with Gasteiger partial charge in [-0.25, -0.2) is 13.2 Å². The van der Waals surface area contributed by atoms with Crippen molar-refractivity contribution in [1.29, 1.82) is 5.26 Å². The van der Waals surface area contributed by atoms with Gasteiger partial charge in [-0.2, -0.15) is 5.26 Å². The van der Waals surface area contributed by atoms with Crippen LogP contribution in [0.15, 0.2) is 18.2 Å². The van der Waals surface area contributed by atoms with Crippen LogP contribution < -0.4 is 10.5 Å². The van der Waals surface area contributed by atoms with E-state index < -0.39 is 21.7 Å². The quantitative estimate of drug-likeness (QED) is 0.659. The summed E-state index contributed by atoms with van der Waals surface area (Å²) < 4.78 is 24.6. The lowest BCUT2D eigenvalue weighted by Gasteiger charge is -2.08. The Morgan fingerprint density at radius 2 is 2.18 bits per heavy atom. The number of carboxylic acid groups (broad SMARTS) is 1. The number of hydrogen-bond donors (Lipinski definition) is 3. The largest absolute Gasteiger partial charge is 0.478 e. The molecule has 4 N–H and O–H groups in total. The Morgan fingerprint density at radius 3 is 2.65 bits per heavy atom. The zero-order valence-corrected chi connectivity index (χ0v) is 9.36. The van der Waals surface area contributed by atoms with Crippen LogP contribution in [0.1, 0.15) is 10.4 Å². The average Bonchev–Trinajstić information content (AvgIpc) is 2.20. The molecular weight excluding hydrogens is 246 g/mol. The Bertz CT molecular complexity index is 589. The summed E-state index contributed by atoms with van der Waals surface area (Å²) in [7, 11) is -3.78. The molecule has 8 heteroatoms. The van der Waals surface area contributed by atoms with Crippen LogP contribution in [0.3, 0.4) is 0 Å². The van der Waals surface area contributed by atoms with E-state index in [9.17, 15) is 13.2 Å². The second-order valence-corrected chi connectivity index (χ2v) is 4.85. The predicted octanol–water partition coefficient (Wildman–Crippen LogP) is 0.232. The van der Waals surface area contributed by atoms with E-state index in [1.165, 1.54) is 18.2 Å². The number of nitrogens with one attached hydrogen (secondary N) is 1. The number of rotatable bonds is 4. The number of benzene rings is 1.